The third kappa shape index (κ3) is 2.65. The third-order valence-corrected chi connectivity index (χ3v) is 5.62. The smallest absolute Gasteiger partial charge is 0.227 e. The highest BCUT2D eigenvalue weighted by atomic mass is 127. The number of nitrogens with zero attached hydrogens (tertiary/aromatic N) is 1. The maximum Gasteiger partial charge on any atom is 0.227 e. The van der Waals surface area contributed by atoms with Crippen LogP contribution in [0.25, 0.3) is 0 Å². The Hall–Kier alpha value is -0.620. The van der Waals surface area contributed by atoms with Crippen LogP contribution in [0.4, 0.5) is 0 Å². The molecule has 1 saturated carbocycles. The Morgan fingerprint density at radius 3 is 2.84 bits per heavy atom. The SMILES string of the molecule is NC1CCC2CN(C(=O)Cc3ccccc3I)CC12. The summed E-state index contributed by atoms with van der Waals surface area (Å²) in [5.41, 5.74) is 7.25. The Balaban J connectivity index is 1.65. The summed E-state index contributed by atoms with van der Waals surface area (Å²) in [6.45, 7) is 1.79. The first-order valence-corrected chi connectivity index (χ1v) is 8.00. The van der Waals surface area contributed by atoms with Crippen molar-refractivity contribution >= 4 is 28.5 Å². The molecule has 19 heavy (non-hydrogen) atoms. The lowest BCUT2D eigenvalue weighted by Gasteiger charge is -2.19. The van der Waals surface area contributed by atoms with E-state index in [-0.39, 0.29) is 5.91 Å². The predicted molar refractivity (Wildman–Crippen MR) is 83.6 cm³/mol. The zero-order chi connectivity index (χ0) is 13.4. The number of amides is 1. The lowest BCUT2D eigenvalue weighted by atomic mass is 9.98. The number of fused-ring (bicyclic) bond motifs is 1. The van der Waals surface area contributed by atoms with Crippen LogP contribution in [0.5, 0.6) is 0 Å². The molecule has 1 heterocycles. The summed E-state index contributed by atoms with van der Waals surface area (Å²) in [5, 5.41) is 0. The molecule has 1 aromatic rings. The summed E-state index contributed by atoms with van der Waals surface area (Å²) in [5.74, 6) is 1.44. The van der Waals surface area contributed by atoms with Gasteiger partial charge in [0.15, 0.2) is 0 Å². The van der Waals surface area contributed by atoms with Gasteiger partial charge in [-0.2, -0.15) is 0 Å². The molecule has 1 saturated heterocycles. The Kier molecular flexibility index (Phi) is 3.80. The molecule has 2 aliphatic rings. The van der Waals surface area contributed by atoms with Crippen molar-refractivity contribution in [2.45, 2.75) is 25.3 Å². The second-order valence-corrected chi connectivity index (χ2v) is 6.89. The standard InChI is InChI=1S/C15H19IN2O/c16-13-4-2-1-3-10(13)7-15(19)18-8-11-5-6-14(17)12(11)9-18/h1-4,11-12,14H,5-9,17H2. The Bertz CT molecular complexity index is 491. The molecular formula is C15H19IN2O. The topological polar surface area (TPSA) is 46.3 Å². The van der Waals surface area contributed by atoms with Gasteiger partial charge in [-0.05, 0) is 58.9 Å². The minimum atomic E-state index is 0.255. The van der Waals surface area contributed by atoms with E-state index in [1.807, 2.05) is 23.1 Å². The Labute approximate surface area is 127 Å². The summed E-state index contributed by atoms with van der Waals surface area (Å²) in [7, 11) is 0. The second kappa shape index (κ2) is 5.40. The molecule has 102 valence electrons. The van der Waals surface area contributed by atoms with Gasteiger partial charge >= 0.3 is 0 Å². The van der Waals surface area contributed by atoms with Gasteiger partial charge in [0.05, 0.1) is 6.42 Å². The maximum absolute atomic E-state index is 12.4. The minimum absolute atomic E-state index is 0.255. The van der Waals surface area contributed by atoms with Crippen LogP contribution < -0.4 is 5.73 Å². The van der Waals surface area contributed by atoms with Gasteiger partial charge in [-0.1, -0.05) is 18.2 Å². The molecule has 2 N–H and O–H groups in total. The molecule has 2 fully saturated rings. The first-order chi connectivity index (χ1) is 9.15. The van der Waals surface area contributed by atoms with E-state index in [9.17, 15) is 4.79 Å². The lowest BCUT2D eigenvalue weighted by molar-refractivity contribution is -0.129. The molecule has 4 heteroatoms. The van der Waals surface area contributed by atoms with Crippen molar-refractivity contribution in [2.75, 3.05) is 13.1 Å². The van der Waals surface area contributed by atoms with E-state index in [1.165, 1.54) is 9.99 Å². The third-order valence-electron chi connectivity index (χ3n) is 4.56. The van der Waals surface area contributed by atoms with Gasteiger partial charge in [-0.15, -0.1) is 0 Å². The molecule has 3 atom stereocenters. The van der Waals surface area contributed by atoms with Crippen LogP contribution in [0.1, 0.15) is 18.4 Å². The number of halogens is 1. The number of hydrogen-bond donors (Lipinski definition) is 1. The number of benzene rings is 1. The van der Waals surface area contributed by atoms with Crippen LogP contribution in [-0.2, 0) is 11.2 Å². The van der Waals surface area contributed by atoms with E-state index < -0.39 is 0 Å². The van der Waals surface area contributed by atoms with Crippen molar-refractivity contribution in [3.63, 3.8) is 0 Å². The van der Waals surface area contributed by atoms with Crippen LogP contribution in [-0.4, -0.2) is 29.9 Å². The molecule has 3 rings (SSSR count). The molecule has 1 aliphatic carbocycles. The van der Waals surface area contributed by atoms with E-state index in [2.05, 4.69) is 28.7 Å². The lowest BCUT2D eigenvalue weighted by Crippen LogP contribution is -2.34. The highest BCUT2D eigenvalue weighted by molar-refractivity contribution is 14.1. The quantitative estimate of drug-likeness (QED) is 0.810. The Morgan fingerprint density at radius 2 is 2.11 bits per heavy atom. The number of nitrogens with two attached hydrogens (primary N) is 1. The molecule has 1 aliphatic heterocycles. The van der Waals surface area contributed by atoms with Crippen molar-refractivity contribution in [2.24, 2.45) is 17.6 Å². The second-order valence-electron chi connectivity index (χ2n) is 5.73. The van der Waals surface area contributed by atoms with Crippen LogP contribution in [0.3, 0.4) is 0 Å². The number of hydrogen-bond acceptors (Lipinski definition) is 2. The summed E-state index contributed by atoms with van der Waals surface area (Å²) < 4.78 is 1.17. The zero-order valence-electron chi connectivity index (χ0n) is 10.9. The largest absolute Gasteiger partial charge is 0.342 e. The van der Waals surface area contributed by atoms with E-state index in [1.54, 1.807) is 0 Å². The van der Waals surface area contributed by atoms with Crippen LogP contribution in [0.2, 0.25) is 0 Å². The van der Waals surface area contributed by atoms with Crippen molar-refractivity contribution in [3.8, 4) is 0 Å². The van der Waals surface area contributed by atoms with Crippen molar-refractivity contribution in [1.82, 2.24) is 4.90 Å². The molecule has 0 bridgehead atoms. The van der Waals surface area contributed by atoms with Crippen LogP contribution in [0, 0.1) is 15.4 Å². The fourth-order valence-corrected chi connectivity index (χ4v) is 4.01. The van der Waals surface area contributed by atoms with E-state index in [0.29, 0.717) is 24.3 Å². The Morgan fingerprint density at radius 1 is 1.32 bits per heavy atom. The van der Waals surface area contributed by atoms with E-state index in [4.69, 9.17) is 5.73 Å². The highest BCUT2D eigenvalue weighted by Gasteiger charge is 2.42. The van der Waals surface area contributed by atoms with Crippen LogP contribution in [0.15, 0.2) is 24.3 Å². The zero-order valence-corrected chi connectivity index (χ0v) is 13.0. The fraction of sp³-hybridized carbons (Fsp3) is 0.533. The molecule has 1 aromatic carbocycles. The van der Waals surface area contributed by atoms with Crippen molar-refractivity contribution < 1.29 is 4.79 Å². The molecule has 1 amide bonds. The summed E-state index contributed by atoms with van der Waals surface area (Å²) in [6.07, 6.45) is 2.85. The number of carbonyl (C=O) groups excluding carboxylic acids is 1. The molecule has 0 radical (unpaired) electrons. The summed E-state index contributed by atoms with van der Waals surface area (Å²) >= 11 is 2.30. The average molecular weight is 370 g/mol. The molecule has 3 nitrogen and oxygen atoms in total. The number of rotatable bonds is 2. The first-order valence-electron chi connectivity index (χ1n) is 6.92. The minimum Gasteiger partial charge on any atom is -0.342 e. The van der Waals surface area contributed by atoms with Gasteiger partial charge in [0.1, 0.15) is 0 Å². The first kappa shape index (κ1) is 13.4. The molecular weight excluding hydrogens is 351 g/mol. The summed E-state index contributed by atoms with van der Waals surface area (Å²) in [6, 6.07) is 8.41. The molecule has 3 unspecified atom stereocenters. The highest BCUT2D eigenvalue weighted by Crippen LogP contribution is 2.37. The van der Waals surface area contributed by atoms with Crippen molar-refractivity contribution in [3.05, 3.63) is 33.4 Å². The van der Waals surface area contributed by atoms with Gasteiger partial charge in [0.2, 0.25) is 5.91 Å². The number of carbonyl (C=O) groups is 1. The van der Waals surface area contributed by atoms with E-state index >= 15 is 0 Å². The van der Waals surface area contributed by atoms with E-state index in [0.717, 1.165) is 25.1 Å². The molecule has 0 aromatic heterocycles. The van der Waals surface area contributed by atoms with Gasteiger partial charge in [-0.25, -0.2) is 0 Å². The van der Waals surface area contributed by atoms with Gasteiger partial charge < -0.3 is 10.6 Å². The molecule has 0 spiro atoms. The van der Waals surface area contributed by atoms with Crippen LogP contribution >= 0.6 is 22.6 Å². The number of likely N-dealkylation sites (tertiary alicyclic amines) is 1. The predicted octanol–water partition coefficient (Wildman–Crippen LogP) is 2.03. The van der Waals surface area contributed by atoms with Gasteiger partial charge in [0.25, 0.3) is 0 Å². The van der Waals surface area contributed by atoms with Gasteiger partial charge in [-0.3, -0.25) is 4.79 Å². The summed E-state index contributed by atoms with van der Waals surface area (Å²) in [4.78, 5) is 14.4. The average Bonchev–Trinajstić information content (AvgIpc) is 2.95. The normalized spacial score (nSPS) is 29.6. The van der Waals surface area contributed by atoms with Gasteiger partial charge in [0, 0.05) is 22.7 Å². The maximum atomic E-state index is 12.4. The van der Waals surface area contributed by atoms with Crippen molar-refractivity contribution in [1.29, 1.82) is 0 Å². The monoisotopic (exact) mass is 370 g/mol. The fourth-order valence-electron chi connectivity index (χ4n) is 3.43.